The topological polar surface area (TPSA) is 97.6 Å². The Morgan fingerprint density at radius 1 is 1.03 bits per heavy atom. The summed E-state index contributed by atoms with van der Waals surface area (Å²) in [6.45, 7) is 1.44. The summed E-state index contributed by atoms with van der Waals surface area (Å²) in [6.07, 6.45) is -3.13. The van der Waals surface area contributed by atoms with E-state index in [4.69, 9.17) is 30.5 Å². The van der Waals surface area contributed by atoms with Gasteiger partial charge in [0.2, 0.25) is 5.79 Å². The van der Waals surface area contributed by atoms with Gasteiger partial charge < -0.3 is 34.3 Å². The van der Waals surface area contributed by atoms with E-state index in [9.17, 15) is 15.3 Å². The van der Waals surface area contributed by atoms with Gasteiger partial charge in [0.05, 0.1) is 19.8 Å². The highest BCUT2D eigenvalue weighted by molar-refractivity contribution is 6.31. The first-order chi connectivity index (χ1) is 15.0. The van der Waals surface area contributed by atoms with E-state index in [-0.39, 0.29) is 12.7 Å². The molecule has 3 aliphatic heterocycles. The molecule has 0 spiro atoms. The van der Waals surface area contributed by atoms with Gasteiger partial charge >= 0.3 is 0 Å². The van der Waals surface area contributed by atoms with Crippen LogP contribution >= 0.6 is 11.6 Å². The average Bonchev–Trinajstić information content (AvgIpc) is 3.44. The third-order valence-electron chi connectivity index (χ3n) is 6.19. The molecule has 0 saturated carbocycles. The second kappa shape index (κ2) is 8.33. The van der Waals surface area contributed by atoms with Gasteiger partial charge in [-0.25, -0.2) is 0 Å². The lowest BCUT2D eigenvalue weighted by Crippen LogP contribution is -2.58. The Morgan fingerprint density at radius 2 is 1.84 bits per heavy atom. The molecule has 7 nitrogen and oxygen atoms in total. The predicted octanol–water partition coefficient (Wildman–Crippen LogP) is 1.76. The smallest absolute Gasteiger partial charge is 0.225 e. The van der Waals surface area contributed by atoms with E-state index in [2.05, 4.69) is 0 Å². The summed E-state index contributed by atoms with van der Waals surface area (Å²) >= 11 is 6.44. The number of ether oxygens (including phenoxy) is 4. The standard InChI is InChI=1S/C23H25ClO7/c24-18-6-3-15(23-22(27)21(26)20(25)19(31-23)12-29-23)10-14(18)9-13-1-4-16(5-2-13)30-17-7-8-28-11-17/h1-6,10,17,19-22,25-27H,7-9,11-12H2/t17-,19+,20+,21-,22+,23-/m0/s1. The van der Waals surface area contributed by atoms with Crippen molar-refractivity contribution in [2.75, 3.05) is 19.8 Å². The van der Waals surface area contributed by atoms with Crippen LogP contribution in [0, 0.1) is 0 Å². The number of rotatable bonds is 5. The molecule has 3 fully saturated rings. The molecule has 0 amide bonds. The van der Waals surface area contributed by atoms with E-state index in [0.717, 1.165) is 29.9 Å². The SMILES string of the molecule is O[C@H]1[C@H](O)[C@H]2CO[C@@](c3ccc(Cl)c(Cc4ccc(O[C@H]5CCOC5)cc4)c3)(O2)[C@@H]1O. The molecule has 5 rings (SSSR count). The van der Waals surface area contributed by atoms with Crippen LogP contribution in [0.2, 0.25) is 5.02 Å². The minimum Gasteiger partial charge on any atom is -0.488 e. The fraction of sp³-hybridized carbons (Fsp3) is 0.478. The Kier molecular flexibility index (Phi) is 5.68. The number of aliphatic hydroxyl groups excluding tert-OH is 3. The molecule has 2 aromatic rings. The van der Waals surface area contributed by atoms with Crippen LogP contribution in [0.25, 0.3) is 0 Å². The molecule has 0 aromatic heterocycles. The van der Waals surface area contributed by atoms with Crippen LogP contribution in [0.3, 0.4) is 0 Å². The van der Waals surface area contributed by atoms with Gasteiger partial charge in [0, 0.05) is 17.0 Å². The van der Waals surface area contributed by atoms with E-state index in [1.807, 2.05) is 30.3 Å². The van der Waals surface area contributed by atoms with Crippen LogP contribution in [0.4, 0.5) is 0 Å². The van der Waals surface area contributed by atoms with Crippen molar-refractivity contribution in [3.05, 3.63) is 64.2 Å². The van der Waals surface area contributed by atoms with Crippen LogP contribution in [-0.4, -0.2) is 65.7 Å². The van der Waals surface area contributed by atoms with Crippen molar-refractivity contribution in [2.45, 2.75) is 49.1 Å². The van der Waals surface area contributed by atoms with Gasteiger partial charge in [-0.2, -0.15) is 0 Å². The van der Waals surface area contributed by atoms with Gasteiger partial charge in [0.1, 0.15) is 36.3 Å². The number of hydrogen-bond acceptors (Lipinski definition) is 7. The molecular weight excluding hydrogens is 424 g/mol. The third kappa shape index (κ3) is 3.85. The Morgan fingerprint density at radius 3 is 2.58 bits per heavy atom. The molecule has 3 aliphatic rings. The Balaban J connectivity index is 1.36. The lowest BCUT2D eigenvalue weighted by molar-refractivity contribution is -0.302. The number of hydrogen-bond donors (Lipinski definition) is 3. The van der Waals surface area contributed by atoms with Crippen LogP contribution in [0.1, 0.15) is 23.1 Å². The van der Waals surface area contributed by atoms with Gasteiger partial charge in [-0.3, -0.25) is 0 Å². The van der Waals surface area contributed by atoms with E-state index in [1.54, 1.807) is 12.1 Å². The maximum atomic E-state index is 10.6. The van der Waals surface area contributed by atoms with Gasteiger partial charge in [-0.1, -0.05) is 29.8 Å². The molecular formula is C23H25ClO7. The fourth-order valence-corrected chi connectivity index (χ4v) is 4.59. The van der Waals surface area contributed by atoms with E-state index in [0.29, 0.717) is 23.6 Å². The molecule has 2 aromatic carbocycles. The van der Waals surface area contributed by atoms with Crippen molar-refractivity contribution in [3.8, 4) is 5.75 Å². The van der Waals surface area contributed by atoms with Crippen LogP contribution in [0.15, 0.2) is 42.5 Å². The van der Waals surface area contributed by atoms with Gasteiger partial charge in [-0.05, 0) is 41.8 Å². The predicted molar refractivity (Wildman–Crippen MR) is 111 cm³/mol. The third-order valence-corrected chi connectivity index (χ3v) is 6.56. The van der Waals surface area contributed by atoms with Crippen molar-refractivity contribution in [1.29, 1.82) is 0 Å². The molecule has 3 N–H and O–H groups in total. The lowest BCUT2D eigenvalue weighted by atomic mass is 9.89. The van der Waals surface area contributed by atoms with Gasteiger partial charge in [0.25, 0.3) is 0 Å². The maximum absolute atomic E-state index is 10.6. The number of fused-ring (bicyclic) bond motifs is 2. The van der Waals surface area contributed by atoms with Crippen LogP contribution < -0.4 is 4.74 Å². The summed E-state index contributed by atoms with van der Waals surface area (Å²) in [7, 11) is 0. The molecule has 31 heavy (non-hydrogen) atoms. The number of aliphatic hydroxyl groups is 3. The minimum atomic E-state index is -1.52. The first kappa shape index (κ1) is 21.2. The lowest BCUT2D eigenvalue weighted by Gasteiger charge is -2.41. The maximum Gasteiger partial charge on any atom is 0.225 e. The summed E-state index contributed by atoms with van der Waals surface area (Å²) < 4.78 is 22.9. The van der Waals surface area contributed by atoms with Crippen molar-refractivity contribution in [1.82, 2.24) is 0 Å². The quantitative estimate of drug-likeness (QED) is 0.641. The number of halogens is 1. The second-order valence-electron chi connectivity index (χ2n) is 8.29. The van der Waals surface area contributed by atoms with Gasteiger partial charge in [0.15, 0.2) is 0 Å². The highest BCUT2D eigenvalue weighted by Crippen LogP contribution is 2.45. The van der Waals surface area contributed by atoms with E-state index >= 15 is 0 Å². The zero-order valence-corrected chi connectivity index (χ0v) is 17.6. The molecule has 6 atom stereocenters. The first-order valence-corrected chi connectivity index (χ1v) is 10.8. The zero-order chi connectivity index (χ0) is 21.6. The van der Waals surface area contributed by atoms with Crippen LogP contribution in [-0.2, 0) is 26.4 Å². The van der Waals surface area contributed by atoms with Crippen molar-refractivity contribution in [2.24, 2.45) is 0 Å². The highest BCUT2D eigenvalue weighted by atomic mass is 35.5. The average molecular weight is 449 g/mol. The molecule has 166 valence electrons. The Bertz CT molecular complexity index is 930. The van der Waals surface area contributed by atoms with Crippen molar-refractivity contribution in [3.63, 3.8) is 0 Å². The number of benzene rings is 2. The molecule has 3 saturated heterocycles. The Hall–Kier alpha value is -1.71. The van der Waals surface area contributed by atoms with Crippen molar-refractivity contribution < 1.29 is 34.3 Å². The van der Waals surface area contributed by atoms with E-state index in [1.165, 1.54) is 0 Å². The molecule has 2 bridgehead atoms. The Labute approximate surface area is 185 Å². The molecule has 8 heteroatoms. The monoisotopic (exact) mass is 448 g/mol. The van der Waals surface area contributed by atoms with E-state index < -0.39 is 30.2 Å². The van der Waals surface area contributed by atoms with Crippen LogP contribution in [0.5, 0.6) is 5.75 Å². The van der Waals surface area contributed by atoms with Crippen molar-refractivity contribution >= 4 is 11.6 Å². The summed E-state index contributed by atoms with van der Waals surface area (Å²) in [5, 5.41) is 31.5. The summed E-state index contributed by atoms with van der Waals surface area (Å²) in [5.41, 5.74) is 2.42. The highest BCUT2D eigenvalue weighted by Gasteiger charge is 2.60. The molecule has 0 radical (unpaired) electrons. The van der Waals surface area contributed by atoms with Gasteiger partial charge in [-0.15, -0.1) is 0 Å². The first-order valence-electron chi connectivity index (χ1n) is 10.4. The summed E-state index contributed by atoms with van der Waals surface area (Å²) in [6, 6.07) is 13.1. The summed E-state index contributed by atoms with van der Waals surface area (Å²) in [5.74, 6) is -0.723. The fourth-order valence-electron chi connectivity index (χ4n) is 4.41. The molecule has 3 heterocycles. The minimum absolute atomic E-state index is 0.0841. The largest absolute Gasteiger partial charge is 0.488 e. The second-order valence-corrected chi connectivity index (χ2v) is 8.70. The normalized spacial score (nSPS) is 34.8. The zero-order valence-electron chi connectivity index (χ0n) is 16.8. The summed E-state index contributed by atoms with van der Waals surface area (Å²) in [4.78, 5) is 0. The molecule has 0 aliphatic carbocycles. The molecule has 0 unspecified atom stereocenters.